The Morgan fingerprint density at radius 1 is 1.00 bits per heavy atom. The number of carbonyl (C=O) groups is 2. The van der Waals surface area contributed by atoms with Crippen LogP contribution >= 0.6 is 61.4 Å². The smallest absolute Gasteiger partial charge is 0.327 e. The Bertz CT molecular complexity index is 282. The van der Waals surface area contributed by atoms with E-state index in [1.165, 1.54) is 5.75 Å². The van der Waals surface area contributed by atoms with Crippen molar-refractivity contribution in [2.24, 2.45) is 0 Å². The second kappa shape index (κ2) is 23.4. The molecular formula is C13H24O4S5. The van der Waals surface area contributed by atoms with E-state index in [1.54, 1.807) is 0 Å². The number of thioether (sulfide) groups is 2. The minimum Gasteiger partial charge on any atom is -0.478 e. The number of carboxylic acid groups (broad SMARTS) is 2. The highest BCUT2D eigenvalue weighted by atomic mass is 32.2. The van der Waals surface area contributed by atoms with Crippen molar-refractivity contribution in [1.29, 1.82) is 0 Å². The van der Waals surface area contributed by atoms with Crippen LogP contribution in [0, 0.1) is 0 Å². The van der Waals surface area contributed by atoms with Crippen LogP contribution in [-0.4, -0.2) is 61.9 Å². The number of rotatable bonds is 10. The number of hydrogen-bond acceptors (Lipinski definition) is 7. The normalized spacial score (nSPS) is 10.1. The van der Waals surface area contributed by atoms with E-state index < -0.39 is 11.9 Å². The molecular weight excluding hydrogens is 380 g/mol. The molecule has 22 heavy (non-hydrogen) atoms. The van der Waals surface area contributed by atoms with Gasteiger partial charge in [-0.25, -0.2) is 9.59 Å². The Kier molecular flexibility index (Phi) is 28.8. The molecule has 1 unspecified atom stereocenters. The van der Waals surface area contributed by atoms with Crippen LogP contribution in [0.5, 0.6) is 0 Å². The van der Waals surface area contributed by atoms with Crippen LogP contribution in [0.3, 0.4) is 0 Å². The van der Waals surface area contributed by atoms with Crippen molar-refractivity contribution in [3.63, 3.8) is 0 Å². The van der Waals surface area contributed by atoms with Gasteiger partial charge in [0.15, 0.2) is 0 Å². The molecule has 0 aromatic rings. The van der Waals surface area contributed by atoms with Crippen LogP contribution in [0.15, 0.2) is 25.3 Å². The highest BCUT2D eigenvalue weighted by molar-refractivity contribution is 8.04. The molecule has 0 amide bonds. The fourth-order valence-corrected chi connectivity index (χ4v) is 3.87. The molecule has 0 fully saturated rings. The molecule has 0 bridgehead atoms. The highest BCUT2D eigenvalue weighted by Gasteiger charge is 2.05. The molecule has 4 nitrogen and oxygen atoms in total. The molecule has 0 spiro atoms. The van der Waals surface area contributed by atoms with Crippen LogP contribution in [-0.2, 0) is 9.59 Å². The van der Waals surface area contributed by atoms with Crippen LogP contribution in [0.4, 0.5) is 0 Å². The van der Waals surface area contributed by atoms with Gasteiger partial charge in [-0.15, -0.1) is 0 Å². The van der Waals surface area contributed by atoms with Crippen molar-refractivity contribution >= 4 is 73.3 Å². The molecule has 0 aliphatic heterocycles. The Balaban J connectivity index is -0.000000298. The third-order valence-electron chi connectivity index (χ3n) is 1.54. The molecule has 0 aromatic heterocycles. The van der Waals surface area contributed by atoms with Crippen molar-refractivity contribution in [3.8, 4) is 0 Å². The van der Waals surface area contributed by atoms with E-state index in [0.717, 1.165) is 40.9 Å². The van der Waals surface area contributed by atoms with Crippen LogP contribution in [0.1, 0.15) is 0 Å². The summed E-state index contributed by atoms with van der Waals surface area (Å²) in [5.41, 5.74) is 0. The van der Waals surface area contributed by atoms with Gasteiger partial charge in [0.25, 0.3) is 0 Å². The molecule has 130 valence electrons. The minimum atomic E-state index is -0.981. The summed E-state index contributed by atoms with van der Waals surface area (Å²) in [4.78, 5) is 18.5. The quantitative estimate of drug-likeness (QED) is 0.219. The van der Waals surface area contributed by atoms with Gasteiger partial charge in [0, 0.05) is 40.4 Å². The first-order valence-corrected chi connectivity index (χ1v) is 10.2. The second-order valence-corrected chi connectivity index (χ2v) is 7.10. The Morgan fingerprint density at radius 2 is 1.41 bits per heavy atom. The van der Waals surface area contributed by atoms with Crippen LogP contribution in [0.2, 0.25) is 0 Å². The maximum absolute atomic E-state index is 9.25. The molecule has 1 atom stereocenters. The molecule has 0 aliphatic rings. The largest absolute Gasteiger partial charge is 0.478 e. The van der Waals surface area contributed by atoms with E-state index in [9.17, 15) is 9.59 Å². The first kappa shape index (κ1) is 27.0. The van der Waals surface area contributed by atoms with E-state index in [2.05, 4.69) is 51.0 Å². The number of carboxylic acids is 2. The zero-order valence-corrected chi connectivity index (χ0v) is 16.6. The molecule has 0 saturated carbocycles. The van der Waals surface area contributed by atoms with Crippen LogP contribution in [0.25, 0.3) is 0 Å². The average Bonchev–Trinajstić information content (AvgIpc) is 2.51. The summed E-state index contributed by atoms with van der Waals surface area (Å²) in [7, 11) is 0. The van der Waals surface area contributed by atoms with Gasteiger partial charge in [-0.1, -0.05) is 13.2 Å². The average molecular weight is 405 g/mol. The lowest BCUT2D eigenvalue weighted by atomic mass is 10.5. The van der Waals surface area contributed by atoms with Gasteiger partial charge in [-0.2, -0.15) is 61.4 Å². The highest BCUT2D eigenvalue weighted by Crippen LogP contribution is 2.18. The zero-order valence-electron chi connectivity index (χ0n) is 12.3. The van der Waals surface area contributed by atoms with E-state index in [-0.39, 0.29) is 0 Å². The van der Waals surface area contributed by atoms with Crippen molar-refractivity contribution < 1.29 is 19.8 Å². The van der Waals surface area contributed by atoms with E-state index in [0.29, 0.717) is 5.25 Å². The molecule has 0 aliphatic carbocycles. The molecule has 0 heterocycles. The van der Waals surface area contributed by atoms with E-state index in [4.69, 9.17) is 10.2 Å². The summed E-state index contributed by atoms with van der Waals surface area (Å²) in [5.74, 6) is 4.42. The Hall–Kier alpha value is 0.170. The third-order valence-corrected chi connectivity index (χ3v) is 5.86. The van der Waals surface area contributed by atoms with E-state index in [1.807, 2.05) is 23.5 Å². The molecule has 0 saturated heterocycles. The third kappa shape index (κ3) is 32.2. The molecule has 0 aromatic carbocycles. The van der Waals surface area contributed by atoms with Gasteiger partial charge < -0.3 is 10.2 Å². The number of hydrogen-bond donors (Lipinski definition) is 5. The summed E-state index contributed by atoms with van der Waals surface area (Å²) in [6.07, 6.45) is 1.67. The van der Waals surface area contributed by atoms with Gasteiger partial charge in [-0.3, -0.25) is 0 Å². The van der Waals surface area contributed by atoms with E-state index >= 15 is 0 Å². The molecule has 2 N–H and O–H groups in total. The van der Waals surface area contributed by atoms with Gasteiger partial charge in [0.05, 0.1) is 0 Å². The first-order chi connectivity index (χ1) is 10.4. The maximum atomic E-state index is 9.25. The number of thiol groups is 3. The fourth-order valence-electron chi connectivity index (χ4n) is 0.652. The predicted octanol–water partition coefficient (Wildman–Crippen LogP) is 3.12. The molecule has 0 rings (SSSR count). The zero-order chi connectivity index (χ0) is 17.8. The lowest BCUT2D eigenvalue weighted by Gasteiger charge is -2.12. The lowest BCUT2D eigenvalue weighted by molar-refractivity contribution is -0.132. The molecule has 0 radical (unpaired) electrons. The maximum Gasteiger partial charge on any atom is 0.327 e. The van der Waals surface area contributed by atoms with Crippen LogP contribution < -0.4 is 0 Å². The minimum absolute atomic E-state index is 0.686. The predicted molar refractivity (Wildman–Crippen MR) is 111 cm³/mol. The fraction of sp³-hybridized carbons (Fsp3) is 0.538. The van der Waals surface area contributed by atoms with Crippen molar-refractivity contribution in [2.45, 2.75) is 5.25 Å². The summed E-state index contributed by atoms with van der Waals surface area (Å²) in [5, 5.41) is 15.9. The van der Waals surface area contributed by atoms with Crippen molar-refractivity contribution in [1.82, 2.24) is 0 Å². The van der Waals surface area contributed by atoms with Crippen molar-refractivity contribution in [2.75, 3.05) is 34.5 Å². The summed E-state index contributed by atoms with van der Waals surface area (Å²) in [6, 6.07) is 0. The van der Waals surface area contributed by atoms with Gasteiger partial charge in [0.1, 0.15) is 0 Å². The monoisotopic (exact) mass is 404 g/mol. The SMILES string of the molecule is C=CC(=O)O.C=CC(=O)O.SCCSCC(CS)SCCS. The summed E-state index contributed by atoms with van der Waals surface area (Å²) in [6.45, 7) is 5.92. The number of aliphatic carboxylic acids is 2. The molecule has 9 heteroatoms. The summed E-state index contributed by atoms with van der Waals surface area (Å²) >= 11 is 16.6. The Labute approximate surface area is 157 Å². The van der Waals surface area contributed by atoms with Gasteiger partial charge in [-0.05, 0) is 11.5 Å². The Morgan fingerprint density at radius 3 is 1.68 bits per heavy atom. The van der Waals surface area contributed by atoms with Crippen molar-refractivity contribution in [3.05, 3.63) is 25.3 Å². The first-order valence-electron chi connectivity index (χ1n) is 6.12. The second-order valence-electron chi connectivity index (χ2n) is 3.28. The summed E-state index contributed by atoms with van der Waals surface area (Å²) < 4.78 is 0. The topological polar surface area (TPSA) is 74.6 Å². The lowest BCUT2D eigenvalue weighted by Crippen LogP contribution is -2.10. The van der Waals surface area contributed by atoms with Gasteiger partial charge in [0.2, 0.25) is 0 Å². The standard InChI is InChI=1S/C7H16S5.2C3H4O2/c8-1-3-11-6-7(5-10)12-4-2-9;2*1-2-3(4)5/h7-10H,1-6H2;2*2H,1H2,(H,4,5). The van der Waals surface area contributed by atoms with Gasteiger partial charge >= 0.3 is 11.9 Å².